The van der Waals surface area contributed by atoms with Gasteiger partial charge in [0.15, 0.2) is 5.82 Å². The zero-order valence-electron chi connectivity index (χ0n) is 26.3. The minimum Gasteiger partial charge on any atom is -0.350 e. The molecule has 0 spiro atoms. The second-order valence-electron chi connectivity index (χ2n) is 12.4. The van der Waals surface area contributed by atoms with E-state index in [2.05, 4.69) is 54.1 Å². The molecule has 5 heterocycles. The average molecular weight is 634 g/mol. The van der Waals surface area contributed by atoms with Crippen LogP contribution in [0.4, 0.5) is 15.9 Å². The van der Waals surface area contributed by atoms with Gasteiger partial charge in [-0.1, -0.05) is 0 Å². The van der Waals surface area contributed by atoms with Crippen molar-refractivity contribution in [3.05, 3.63) is 85.1 Å². The number of amides is 2. The van der Waals surface area contributed by atoms with E-state index in [-0.39, 0.29) is 42.2 Å². The normalized spacial score (nSPS) is 20.1. The van der Waals surface area contributed by atoms with Crippen LogP contribution in [0.15, 0.2) is 79.3 Å². The minimum atomic E-state index is -0.310. The number of fused-ring (bicyclic) bond motifs is 1. The predicted molar refractivity (Wildman–Crippen MR) is 178 cm³/mol. The van der Waals surface area contributed by atoms with Crippen LogP contribution in [0.2, 0.25) is 0 Å². The van der Waals surface area contributed by atoms with Gasteiger partial charge in [0.25, 0.3) is 0 Å². The molecule has 2 aliphatic rings. The van der Waals surface area contributed by atoms with E-state index in [9.17, 15) is 14.0 Å². The first-order valence-corrected chi connectivity index (χ1v) is 15.9. The molecule has 2 amide bonds. The maximum Gasteiger partial charge on any atom is 0.237 e. The summed E-state index contributed by atoms with van der Waals surface area (Å²) in [4.78, 5) is 46.3. The number of benzene rings is 2. The van der Waals surface area contributed by atoms with Crippen molar-refractivity contribution in [1.29, 1.82) is 0 Å². The number of pyridine rings is 1. The number of likely N-dealkylation sites (tertiary alicyclic amines) is 1. The summed E-state index contributed by atoms with van der Waals surface area (Å²) in [5.41, 5.74) is 3.83. The highest BCUT2D eigenvalue weighted by molar-refractivity contribution is 5.99. The summed E-state index contributed by atoms with van der Waals surface area (Å²) < 4.78 is 13.4. The zero-order chi connectivity index (χ0) is 32.5. The average Bonchev–Trinajstić information content (AvgIpc) is 3.74. The van der Waals surface area contributed by atoms with Crippen molar-refractivity contribution < 1.29 is 14.0 Å². The molecule has 7 rings (SSSR count). The fourth-order valence-electron chi connectivity index (χ4n) is 6.57. The van der Waals surface area contributed by atoms with Gasteiger partial charge in [0.05, 0.1) is 23.7 Å². The van der Waals surface area contributed by atoms with Gasteiger partial charge in [-0.25, -0.2) is 19.3 Å². The van der Waals surface area contributed by atoms with Crippen LogP contribution in [0.3, 0.4) is 0 Å². The molecule has 47 heavy (non-hydrogen) atoms. The van der Waals surface area contributed by atoms with E-state index in [0.717, 1.165) is 27.8 Å². The number of H-pyrrole nitrogens is 1. The molecule has 2 N–H and O–H groups in total. The summed E-state index contributed by atoms with van der Waals surface area (Å²) in [6.07, 6.45) is 5.90. The molecule has 240 valence electrons. The van der Waals surface area contributed by atoms with Crippen LogP contribution in [0.5, 0.6) is 0 Å². The van der Waals surface area contributed by atoms with Crippen LogP contribution in [0.1, 0.15) is 20.3 Å². The molecule has 12 heteroatoms. The number of rotatable bonds is 7. The van der Waals surface area contributed by atoms with Gasteiger partial charge in [-0.3, -0.25) is 19.6 Å². The zero-order valence-corrected chi connectivity index (χ0v) is 26.3. The first kappa shape index (κ1) is 30.4. The predicted octanol–water partition coefficient (Wildman–Crippen LogP) is 4.61. The van der Waals surface area contributed by atoms with E-state index in [1.54, 1.807) is 36.8 Å². The number of anilines is 2. The molecule has 3 aromatic heterocycles. The van der Waals surface area contributed by atoms with Crippen molar-refractivity contribution in [1.82, 2.24) is 34.9 Å². The maximum atomic E-state index is 13.5. The fourth-order valence-corrected chi connectivity index (χ4v) is 6.57. The molecule has 2 fully saturated rings. The number of aromatic amines is 1. The molecule has 11 nitrogen and oxygen atoms in total. The van der Waals surface area contributed by atoms with Crippen molar-refractivity contribution >= 4 is 34.2 Å². The number of nitrogens with zero attached hydrogens (tertiary/aromatic N) is 7. The van der Waals surface area contributed by atoms with E-state index in [1.807, 2.05) is 35.2 Å². The summed E-state index contributed by atoms with van der Waals surface area (Å²) >= 11 is 0. The number of carbonyl (C=O) groups is 2. The van der Waals surface area contributed by atoms with Crippen molar-refractivity contribution in [2.75, 3.05) is 42.9 Å². The second-order valence-corrected chi connectivity index (χ2v) is 12.4. The second kappa shape index (κ2) is 12.9. The van der Waals surface area contributed by atoms with Crippen LogP contribution in [0, 0.1) is 11.7 Å². The van der Waals surface area contributed by atoms with Crippen molar-refractivity contribution in [2.24, 2.45) is 5.92 Å². The number of nitrogens with one attached hydrogen (secondary N) is 2. The van der Waals surface area contributed by atoms with Gasteiger partial charge in [-0.2, -0.15) is 5.10 Å². The molecular formula is C35H36FN9O2. The molecule has 5 aromatic rings. The van der Waals surface area contributed by atoms with Crippen LogP contribution in [0.25, 0.3) is 33.5 Å². The van der Waals surface area contributed by atoms with E-state index in [0.29, 0.717) is 49.8 Å². The molecule has 2 aromatic carbocycles. The van der Waals surface area contributed by atoms with Crippen LogP contribution in [-0.4, -0.2) is 91.6 Å². The standard InChI is InChI=1S/C35H36FN9O2/c1-22-19-45(23(2)18-44(22)31-11-6-25(17-39-31)34-37-13-3-14-38-34)32(46)21-43-15-12-26(20-43)35(47)40-28-9-10-30-29(16-28)33(42-41-30)24-4-7-27(36)8-5-24/h3-11,13-14,16-17,22-23,26H,12,15,18-21H2,1-2H3,(H,40,47)(H,41,42)/t22-,23+,26?/m1/s1. The summed E-state index contributed by atoms with van der Waals surface area (Å²) in [5.74, 6) is 0.979. The highest BCUT2D eigenvalue weighted by Gasteiger charge is 2.35. The molecule has 3 atom stereocenters. The molecule has 0 bridgehead atoms. The highest BCUT2D eigenvalue weighted by Crippen LogP contribution is 2.30. The first-order valence-electron chi connectivity index (χ1n) is 15.9. The number of hydrogen-bond acceptors (Lipinski definition) is 8. The third-order valence-corrected chi connectivity index (χ3v) is 9.12. The minimum absolute atomic E-state index is 0.0111. The third-order valence-electron chi connectivity index (χ3n) is 9.12. The molecular weight excluding hydrogens is 597 g/mol. The van der Waals surface area contributed by atoms with E-state index < -0.39 is 0 Å². The van der Waals surface area contributed by atoms with Gasteiger partial charge >= 0.3 is 0 Å². The Morgan fingerprint density at radius 3 is 2.49 bits per heavy atom. The number of aromatic nitrogens is 5. The lowest BCUT2D eigenvalue weighted by Gasteiger charge is -2.45. The molecule has 2 saturated heterocycles. The quantitative estimate of drug-likeness (QED) is 0.267. The molecule has 2 aliphatic heterocycles. The Morgan fingerprint density at radius 1 is 0.936 bits per heavy atom. The molecule has 1 unspecified atom stereocenters. The van der Waals surface area contributed by atoms with Gasteiger partial charge in [0.1, 0.15) is 11.6 Å². The summed E-state index contributed by atoms with van der Waals surface area (Å²) in [6.45, 7) is 6.95. The summed E-state index contributed by atoms with van der Waals surface area (Å²) in [5, 5.41) is 11.3. The van der Waals surface area contributed by atoms with Crippen molar-refractivity contribution in [2.45, 2.75) is 32.4 Å². The van der Waals surface area contributed by atoms with Crippen LogP contribution < -0.4 is 10.2 Å². The van der Waals surface area contributed by atoms with Crippen molar-refractivity contribution in [3.63, 3.8) is 0 Å². The maximum absolute atomic E-state index is 13.5. The Kier molecular flexibility index (Phi) is 8.33. The van der Waals surface area contributed by atoms with Gasteiger partial charge < -0.3 is 15.1 Å². The van der Waals surface area contributed by atoms with E-state index >= 15 is 0 Å². The Labute approximate surface area is 271 Å². The smallest absolute Gasteiger partial charge is 0.237 e. The molecule has 0 saturated carbocycles. The lowest BCUT2D eigenvalue weighted by Crippen LogP contribution is -2.59. The largest absolute Gasteiger partial charge is 0.350 e. The molecule has 0 aliphatic carbocycles. The number of carbonyl (C=O) groups excluding carboxylic acids is 2. The van der Waals surface area contributed by atoms with Gasteiger partial charge in [0.2, 0.25) is 11.8 Å². The van der Waals surface area contributed by atoms with Crippen LogP contribution >= 0.6 is 0 Å². The molecule has 0 radical (unpaired) electrons. The Morgan fingerprint density at radius 2 is 1.72 bits per heavy atom. The lowest BCUT2D eigenvalue weighted by atomic mass is 10.1. The lowest BCUT2D eigenvalue weighted by molar-refractivity contribution is -0.135. The number of piperazine rings is 1. The summed E-state index contributed by atoms with van der Waals surface area (Å²) in [6, 6.07) is 17.6. The Bertz CT molecular complexity index is 1880. The summed E-state index contributed by atoms with van der Waals surface area (Å²) in [7, 11) is 0. The number of hydrogen-bond donors (Lipinski definition) is 2. The van der Waals surface area contributed by atoms with E-state index in [4.69, 9.17) is 0 Å². The number of halogens is 1. The van der Waals surface area contributed by atoms with Crippen LogP contribution in [-0.2, 0) is 9.59 Å². The topological polar surface area (TPSA) is 123 Å². The fraction of sp³-hybridized carbons (Fsp3) is 0.314. The third kappa shape index (κ3) is 6.41. The monoisotopic (exact) mass is 633 g/mol. The van der Waals surface area contributed by atoms with Crippen molar-refractivity contribution in [3.8, 4) is 22.6 Å². The van der Waals surface area contributed by atoms with Gasteiger partial charge in [0, 0.05) is 72.5 Å². The first-order chi connectivity index (χ1) is 22.8. The van der Waals surface area contributed by atoms with Gasteiger partial charge in [-0.15, -0.1) is 0 Å². The van der Waals surface area contributed by atoms with Gasteiger partial charge in [-0.05, 0) is 87.5 Å². The highest BCUT2D eigenvalue weighted by atomic mass is 19.1. The van der Waals surface area contributed by atoms with E-state index in [1.165, 1.54) is 12.1 Å². The SMILES string of the molecule is C[C@@H]1CN(C(=O)CN2CCC(C(=O)Nc3ccc4[nH]nc(-c5ccc(F)cc5)c4c3)C2)[C@@H](C)CN1c1ccc(-c2ncccn2)cn1. The Hall–Kier alpha value is -5.23. The Balaban J connectivity index is 0.933.